The summed E-state index contributed by atoms with van der Waals surface area (Å²) in [5, 5.41) is 20.6. The Morgan fingerprint density at radius 2 is 1.14 bits per heavy atom. The van der Waals surface area contributed by atoms with Crippen LogP contribution in [-0.2, 0) is 0 Å². The van der Waals surface area contributed by atoms with Gasteiger partial charge in [0.25, 0.3) is 0 Å². The number of rotatable bonds is 4. The van der Waals surface area contributed by atoms with E-state index >= 15 is 0 Å². The highest BCUT2D eigenvalue weighted by atomic mass is 16.4. The zero-order valence-corrected chi connectivity index (χ0v) is 14.7. The lowest BCUT2D eigenvalue weighted by Gasteiger charge is -2.13. The van der Waals surface area contributed by atoms with E-state index in [1.165, 1.54) is 18.2 Å². The van der Waals surface area contributed by atoms with Crippen molar-refractivity contribution in [3.63, 3.8) is 0 Å². The summed E-state index contributed by atoms with van der Waals surface area (Å²) in [5.41, 5.74) is 3.25. The van der Waals surface area contributed by atoms with Gasteiger partial charge >= 0.3 is 11.9 Å². The van der Waals surface area contributed by atoms with Crippen LogP contribution in [0.3, 0.4) is 0 Å². The van der Waals surface area contributed by atoms with Crippen molar-refractivity contribution >= 4 is 22.7 Å². The van der Waals surface area contributed by atoms with Gasteiger partial charge in [0, 0.05) is 12.4 Å². The third-order valence-electron chi connectivity index (χ3n) is 4.65. The molecule has 4 aromatic rings. The Bertz CT molecular complexity index is 1180. The molecule has 0 amide bonds. The summed E-state index contributed by atoms with van der Waals surface area (Å²) >= 11 is 0. The molecule has 3 aromatic carbocycles. The fraction of sp³-hybridized carbons (Fsp3) is 0. The average molecular weight is 369 g/mol. The first-order valence-corrected chi connectivity index (χ1v) is 8.59. The Hall–Kier alpha value is -3.99. The monoisotopic (exact) mass is 369 g/mol. The van der Waals surface area contributed by atoms with Crippen molar-refractivity contribution < 1.29 is 19.8 Å². The minimum Gasteiger partial charge on any atom is -0.478 e. The lowest BCUT2D eigenvalue weighted by atomic mass is 9.91. The van der Waals surface area contributed by atoms with Crippen molar-refractivity contribution in [1.29, 1.82) is 0 Å². The van der Waals surface area contributed by atoms with E-state index < -0.39 is 11.9 Å². The Balaban J connectivity index is 1.99. The van der Waals surface area contributed by atoms with Crippen LogP contribution in [0.5, 0.6) is 0 Å². The van der Waals surface area contributed by atoms with Crippen LogP contribution in [0.15, 0.2) is 79.1 Å². The Morgan fingerprint density at radius 1 is 0.643 bits per heavy atom. The second kappa shape index (κ2) is 6.96. The van der Waals surface area contributed by atoms with Crippen molar-refractivity contribution in [1.82, 2.24) is 4.98 Å². The summed E-state index contributed by atoms with van der Waals surface area (Å²) in [5.74, 6) is -2.33. The first kappa shape index (κ1) is 17.4. The number of hydrogen-bond donors (Lipinski definition) is 2. The quantitative estimate of drug-likeness (QED) is 0.530. The van der Waals surface area contributed by atoms with Gasteiger partial charge in [-0.25, -0.2) is 9.59 Å². The largest absolute Gasteiger partial charge is 0.478 e. The molecule has 0 bridgehead atoms. The molecule has 0 unspecified atom stereocenters. The maximum absolute atomic E-state index is 11.5. The summed E-state index contributed by atoms with van der Waals surface area (Å²) in [4.78, 5) is 27.0. The maximum Gasteiger partial charge on any atom is 0.335 e. The summed E-state index contributed by atoms with van der Waals surface area (Å²) in [7, 11) is 0. The number of aromatic nitrogens is 1. The highest BCUT2D eigenvalue weighted by molar-refractivity contribution is 6.06. The van der Waals surface area contributed by atoms with Gasteiger partial charge in [0.15, 0.2) is 0 Å². The first-order chi connectivity index (χ1) is 13.5. The van der Waals surface area contributed by atoms with Crippen LogP contribution in [0.25, 0.3) is 33.0 Å². The first-order valence-electron chi connectivity index (χ1n) is 8.59. The van der Waals surface area contributed by atoms with Crippen LogP contribution in [0.1, 0.15) is 20.7 Å². The summed E-state index contributed by atoms with van der Waals surface area (Å²) in [6.07, 6.45) is 3.46. The number of hydrogen-bond acceptors (Lipinski definition) is 3. The maximum atomic E-state index is 11.5. The number of benzene rings is 3. The van der Waals surface area contributed by atoms with Gasteiger partial charge < -0.3 is 10.2 Å². The summed E-state index contributed by atoms with van der Waals surface area (Å²) < 4.78 is 0. The third kappa shape index (κ3) is 3.10. The van der Waals surface area contributed by atoms with Crippen LogP contribution in [0, 0.1) is 0 Å². The second-order valence-corrected chi connectivity index (χ2v) is 6.35. The summed E-state index contributed by atoms with van der Waals surface area (Å²) in [6.45, 7) is 0. The van der Waals surface area contributed by atoms with E-state index in [9.17, 15) is 19.8 Å². The molecule has 0 aliphatic carbocycles. The fourth-order valence-corrected chi connectivity index (χ4v) is 3.36. The number of carboxylic acid groups (broad SMARTS) is 2. The molecule has 5 heteroatoms. The van der Waals surface area contributed by atoms with E-state index in [0.717, 1.165) is 27.5 Å². The minimum atomic E-state index is -1.16. The van der Waals surface area contributed by atoms with E-state index in [4.69, 9.17) is 0 Å². The zero-order chi connectivity index (χ0) is 19.7. The molecule has 0 radical (unpaired) electrons. The van der Waals surface area contributed by atoms with Crippen LogP contribution in [-0.4, -0.2) is 27.1 Å². The molecule has 0 atom stereocenters. The van der Waals surface area contributed by atoms with Crippen molar-refractivity contribution in [3.05, 3.63) is 90.3 Å². The molecule has 0 aliphatic heterocycles. The van der Waals surface area contributed by atoms with E-state index in [2.05, 4.69) is 4.98 Å². The minimum absolute atomic E-state index is 0.0582. The van der Waals surface area contributed by atoms with Gasteiger partial charge in [-0.15, -0.1) is 0 Å². The van der Waals surface area contributed by atoms with E-state index in [0.29, 0.717) is 5.56 Å². The van der Waals surface area contributed by atoms with Crippen molar-refractivity contribution in [2.45, 2.75) is 0 Å². The van der Waals surface area contributed by atoms with Crippen molar-refractivity contribution in [2.75, 3.05) is 0 Å². The predicted octanol–water partition coefficient (Wildman–Crippen LogP) is 4.97. The van der Waals surface area contributed by atoms with Crippen molar-refractivity contribution in [3.8, 4) is 22.3 Å². The SMILES string of the molecule is O=C(O)c1cc(C(=O)O)cc(-c2ccc(-c3ccncc3)c3ccccc23)c1. The van der Waals surface area contributed by atoms with Gasteiger partial charge in [0.2, 0.25) is 0 Å². The van der Waals surface area contributed by atoms with Crippen LogP contribution in [0.2, 0.25) is 0 Å². The molecule has 4 rings (SSSR count). The molecule has 28 heavy (non-hydrogen) atoms. The molecule has 0 spiro atoms. The molecule has 0 saturated carbocycles. The molecule has 0 aliphatic rings. The molecular formula is C23H15NO4. The van der Waals surface area contributed by atoms with Crippen molar-refractivity contribution in [2.24, 2.45) is 0 Å². The molecular weight excluding hydrogens is 354 g/mol. The van der Waals surface area contributed by atoms with E-state index in [-0.39, 0.29) is 11.1 Å². The van der Waals surface area contributed by atoms with Gasteiger partial charge in [0.1, 0.15) is 0 Å². The molecule has 1 heterocycles. The Morgan fingerprint density at radius 3 is 1.64 bits per heavy atom. The van der Waals surface area contributed by atoms with E-state index in [1.54, 1.807) is 12.4 Å². The zero-order valence-electron chi connectivity index (χ0n) is 14.7. The lowest BCUT2D eigenvalue weighted by molar-refractivity contribution is 0.0696. The van der Waals surface area contributed by atoms with Crippen LogP contribution < -0.4 is 0 Å². The number of aromatic carboxylic acids is 2. The topological polar surface area (TPSA) is 87.5 Å². The Labute approximate surface area is 160 Å². The van der Waals surface area contributed by atoms with Gasteiger partial charge in [0.05, 0.1) is 11.1 Å². The molecule has 5 nitrogen and oxygen atoms in total. The van der Waals surface area contributed by atoms with Crippen LogP contribution >= 0.6 is 0 Å². The number of nitrogens with zero attached hydrogens (tertiary/aromatic N) is 1. The molecule has 136 valence electrons. The number of carboxylic acids is 2. The highest BCUT2D eigenvalue weighted by Crippen LogP contribution is 2.36. The Kier molecular flexibility index (Phi) is 4.33. The molecule has 0 saturated heterocycles. The second-order valence-electron chi connectivity index (χ2n) is 6.35. The molecule has 0 fully saturated rings. The molecule has 1 aromatic heterocycles. The van der Waals surface area contributed by atoms with Crippen LogP contribution in [0.4, 0.5) is 0 Å². The van der Waals surface area contributed by atoms with Gasteiger partial charge in [-0.05, 0) is 63.4 Å². The van der Waals surface area contributed by atoms with Gasteiger partial charge in [-0.3, -0.25) is 4.98 Å². The standard InChI is InChI=1S/C23H15NO4/c25-22(26)16-11-15(12-17(13-16)23(27)28)19-6-5-18(14-7-9-24-10-8-14)20-3-1-2-4-21(19)20/h1-13H,(H,25,26)(H,27,28). The average Bonchev–Trinajstić information content (AvgIpc) is 2.73. The van der Waals surface area contributed by atoms with E-state index in [1.807, 2.05) is 48.5 Å². The fourth-order valence-electron chi connectivity index (χ4n) is 3.36. The number of fused-ring (bicyclic) bond motifs is 1. The number of carbonyl (C=O) groups is 2. The summed E-state index contributed by atoms with van der Waals surface area (Å²) in [6, 6.07) is 19.7. The smallest absolute Gasteiger partial charge is 0.335 e. The number of pyridine rings is 1. The normalized spacial score (nSPS) is 10.7. The highest BCUT2D eigenvalue weighted by Gasteiger charge is 2.15. The third-order valence-corrected chi connectivity index (χ3v) is 4.65. The van der Waals surface area contributed by atoms with Gasteiger partial charge in [-0.1, -0.05) is 36.4 Å². The van der Waals surface area contributed by atoms with Gasteiger partial charge in [-0.2, -0.15) is 0 Å². The molecule has 2 N–H and O–H groups in total. The predicted molar refractivity (Wildman–Crippen MR) is 107 cm³/mol. The lowest BCUT2D eigenvalue weighted by Crippen LogP contribution is -2.03.